The van der Waals surface area contributed by atoms with Crippen LogP contribution in [0.1, 0.15) is 6.92 Å². The maximum atomic E-state index is 11.3. The molecule has 0 amide bonds. The van der Waals surface area contributed by atoms with Gasteiger partial charge in [0, 0.05) is 4.47 Å². The Labute approximate surface area is 129 Å². The number of carbonyl (C=O) groups is 1. The third-order valence-corrected chi connectivity index (χ3v) is 2.72. The number of azo groups is 1. The zero-order chi connectivity index (χ0) is 15.0. The van der Waals surface area contributed by atoms with Crippen LogP contribution in [0, 0.1) is 11.3 Å². The number of hydrogen-bond donors (Lipinski definition) is 0. The maximum absolute atomic E-state index is 11.3. The fourth-order valence-corrected chi connectivity index (χ4v) is 1.61. The molecule has 106 valence electrons. The summed E-state index contributed by atoms with van der Waals surface area (Å²) in [6, 6.07) is 6.83. The van der Waals surface area contributed by atoms with E-state index in [0.717, 1.165) is 4.47 Å². The average Bonchev–Trinajstić information content (AvgIpc) is 2.43. The summed E-state index contributed by atoms with van der Waals surface area (Å²) in [5.41, 5.74) is -0.860. The van der Waals surface area contributed by atoms with Gasteiger partial charge in [0.15, 0.2) is 6.61 Å². The predicted molar refractivity (Wildman–Crippen MR) is 76.0 cm³/mol. The van der Waals surface area contributed by atoms with Crippen LogP contribution in [0.4, 0.5) is 5.69 Å². The maximum Gasteiger partial charge on any atom is 0.348 e. The second-order valence-electron chi connectivity index (χ2n) is 3.36. The number of esters is 1. The monoisotopic (exact) mass is 359 g/mol. The Balaban J connectivity index is 2.85. The Kier molecular flexibility index (Phi) is 6.98. The lowest BCUT2D eigenvalue weighted by Gasteiger charge is -2.06. The molecule has 20 heavy (non-hydrogen) atoms. The van der Waals surface area contributed by atoms with Gasteiger partial charge in [0.05, 0.1) is 6.61 Å². The number of nitriles is 1. The molecule has 0 heterocycles. The van der Waals surface area contributed by atoms with Crippen molar-refractivity contribution in [3.05, 3.63) is 22.7 Å². The number of carbonyl (C=O) groups excluding carboxylic acids is 1. The SMILES string of the molecule is CCOC(=O)C(Cl)N=Nc1ccc(Br)cc1OCC#N. The zero-order valence-electron chi connectivity index (χ0n) is 10.5. The molecule has 8 heteroatoms. The highest BCUT2D eigenvalue weighted by atomic mass is 79.9. The fraction of sp³-hybridized carbons (Fsp3) is 0.333. The third kappa shape index (κ3) is 5.15. The van der Waals surface area contributed by atoms with E-state index in [2.05, 4.69) is 26.2 Å². The van der Waals surface area contributed by atoms with Crippen LogP contribution < -0.4 is 4.74 Å². The van der Waals surface area contributed by atoms with Gasteiger partial charge in [-0.05, 0) is 25.1 Å². The van der Waals surface area contributed by atoms with Crippen molar-refractivity contribution in [1.29, 1.82) is 5.26 Å². The summed E-state index contributed by atoms with van der Waals surface area (Å²) in [4.78, 5) is 11.3. The Morgan fingerprint density at radius 1 is 1.60 bits per heavy atom. The Morgan fingerprint density at radius 3 is 3.00 bits per heavy atom. The van der Waals surface area contributed by atoms with Gasteiger partial charge in [-0.1, -0.05) is 27.5 Å². The van der Waals surface area contributed by atoms with E-state index in [1.807, 2.05) is 6.07 Å². The van der Waals surface area contributed by atoms with E-state index in [1.165, 1.54) is 0 Å². The largest absolute Gasteiger partial charge is 0.476 e. The van der Waals surface area contributed by atoms with Crippen molar-refractivity contribution in [2.24, 2.45) is 10.2 Å². The summed E-state index contributed by atoms with van der Waals surface area (Å²) in [5, 5.41) is 16.0. The molecule has 0 saturated heterocycles. The fourth-order valence-electron chi connectivity index (χ4n) is 1.17. The second-order valence-corrected chi connectivity index (χ2v) is 4.69. The van der Waals surface area contributed by atoms with Crippen molar-refractivity contribution < 1.29 is 14.3 Å². The zero-order valence-corrected chi connectivity index (χ0v) is 12.9. The molecular formula is C12H11BrClN3O3. The van der Waals surface area contributed by atoms with Crippen molar-refractivity contribution in [1.82, 2.24) is 0 Å². The van der Waals surface area contributed by atoms with Gasteiger partial charge in [-0.15, -0.1) is 5.11 Å². The quantitative estimate of drug-likeness (QED) is 0.336. The van der Waals surface area contributed by atoms with Crippen LogP contribution in [0.15, 0.2) is 32.9 Å². The van der Waals surface area contributed by atoms with E-state index in [-0.39, 0.29) is 13.2 Å². The number of nitrogens with zero attached hydrogens (tertiary/aromatic N) is 3. The van der Waals surface area contributed by atoms with Crippen LogP contribution in [0.25, 0.3) is 0 Å². The first-order valence-corrected chi connectivity index (χ1v) is 6.82. The molecule has 1 unspecified atom stereocenters. The molecule has 0 N–H and O–H groups in total. The smallest absolute Gasteiger partial charge is 0.348 e. The molecule has 1 aromatic rings. The molecule has 0 radical (unpaired) electrons. The van der Waals surface area contributed by atoms with E-state index < -0.39 is 11.5 Å². The van der Waals surface area contributed by atoms with Gasteiger partial charge < -0.3 is 9.47 Å². The lowest BCUT2D eigenvalue weighted by molar-refractivity contribution is -0.142. The summed E-state index contributed by atoms with van der Waals surface area (Å²) in [6.45, 7) is 1.76. The normalized spacial score (nSPS) is 11.9. The number of halogens is 2. The van der Waals surface area contributed by atoms with Crippen molar-refractivity contribution in [3.8, 4) is 11.8 Å². The summed E-state index contributed by atoms with van der Waals surface area (Å²) in [6.07, 6.45) is 0. The Hall–Kier alpha value is -1.65. The van der Waals surface area contributed by atoms with Crippen LogP contribution in [0.2, 0.25) is 0 Å². The minimum atomic E-state index is -1.22. The van der Waals surface area contributed by atoms with Crippen molar-refractivity contribution in [3.63, 3.8) is 0 Å². The van der Waals surface area contributed by atoms with Gasteiger partial charge in [-0.3, -0.25) is 0 Å². The number of rotatable bonds is 6. The molecule has 0 fully saturated rings. The van der Waals surface area contributed by atoms with Crippen LogP contribution in [0.5, 0.6) is 5.75 Å². The van der Waals surface area contributed by atoms with Gasteiger partial charge in [-0.25, -0.2) is 4.79 Å². The van der Waals surface area contributed by atoms with Crippen molar-refractivity contribution >= 4 is 39.2 Å². The van der Waals surface area contributed by atoms with E-state index in [9.17, 15) is 4.79 Å². The van der Waals surface area contributed by atoms with Gasteiger partial charge in [0.2, 0.25) is 5.50 Å². The van der Waals surface area contributed by atoms with Crippen LogP contribution in [-0.4, -0.2) is 24.7 Å². The molecule has 0 aliphatic rings. The molecule has 0 saturated carbocycles. The third-order valence-electron chi connectivity index (χ3n) is 1.96. The number of hydrogen-bond acceptors (Lipinski definition) is 6. The topological polar surface area (TPSA) is 84.0 Å². The lowest BCUT2D eigenvalue weighted by atomic mass is 10.3. The number of alkyl halides is 1. The van der Waals surface area contributed by atoms with Crippen LogP contribution in [-0.2, 0) is 9.53 Å². The van der Waals surface area contributed by atoms with E-state index in [4.69, 9.17) is 26.3 Å². The van der Waals surface area contributed by atoms with Gasteiger partial charge >= 0.3 is 5.97 Å². The molecule has 6 nitrogen and oxygen atoms in total. The van der Waals surface area contributed by atoms with Gasteiger partial charge in [0.25, 0.3) is 0 Å². The van der Waals surface area contributed by atoms with E-state index in [0.29, 0.717) is 11.4 Å². The second kappa shape index (κ2) is 8.51. The molecular weight excluding hydrogens is 350 g/mol. The average molecular weight is 361 g/mol. The first-order valence-electron chi connectivity index (χ1n) is 5.59. The first kappa shape index (κ1) is 16.4. The lowest BCUT2D eigenvalue weighted by Crippen LogP contribution is -2.14. The molecule has 1 rings (SSSR count). The molecule has 1 aromatic carbocycles. The Morgan fingerprint density at radius 2 is 2.35 bits per heavy atom. The van der Waals surface area contributed by atoms with Crippen molar-refractivity contribution in [2.75, 3.05) is 13.2 Å². The minimum absolute atomic E-state index is 0.124. The van der Waals surface area contributed by atoms with Crippen molar-refractivity contribution in [2.45, 2.75) is 12.4 Å². The minimum Gasteiger partial charge on any atom is -0.476 e. The highest BCUT2D eigenvalue weighted by Gasteiger charge is 2.15. The molecule has 0 spiro atoms. The van der Waals surface area contributed by atoms with E-state index in [1.54, 1.807) is 25.1 Å². The number of benzene rings is 1. The van der Waals surface area contributed by atoms with E-state index >= 15 is 0 Å². The number of ether oxygens (including phenoxy) is 2. The van der Waals surface area contributed by atoms with Gasteiger partial charge in [-0.2, -0.15) is 10.4 Å². The highest BCUT2D eigenvalue weighted by molar-refractivity contribution is 9.10. The molecule has 0 bridgehead atoms. The van der Waals surface area contributed by atoms with Gasteiger partial charge in [0.1, 0.15) is 17.5 Å². The molecule has 1 atom stereocenters. The Bertz CT molecular complexity index is 545. The summed E-state index contributed by atoms with van der Waals surface area (Å²) < 4.78 is 10.7. The standard InChI is InChI=1S/C12H11BrClN3O3/c1-2-19-12(18)11(14)17-16-9-4-3-8(13)7-10(9)20-6-5-15/h3-4,7,11H,2,6H2,1H3. The molecule has 0 aliphatic carbocycles. The van der Waals surface area contributed by atoms with Crippen LogP contribution in [0.3, 0.4) is 0 Å². The van der Waals surface area contributed by atoms with Crippen LogP contribution >= 0.6 is 27.5 Å². The molecule has 0 aliphatic heterocycles. The summed E-state index contributed by atoms with van der Waals surface area (Å²) in [7, 11) is 0. The molecule has 0 aromatic heterocycles. The first-order chi connectivity index (χ1) is 9.58. The predicted octanol–water partition coefficient (Wildman–Crippen LogP) is 3.56. The highest BCUT2D eigenvalue weighted by Crippen LogP contribution is 2.31. The summed E-state index contributed by atoms with van der Waals surface area (Å²) >= 11 is 8.99. The summed E-state index contributed by atoms with van der Waals surface area (Å²) in [5.74, 6) is -0.313.